The van der Waals surface area contributed by atoms with Crippen LogP contribution < -0.4 is 9.47 Å². The van der Waals surface area contributed by atoms with E-state index in [1.807, 2.05) is 24.3 Å². The molecule has 0 aliphatic rings. The Morgan fingerprint density at radius 1 is 0.564 bits per heavy atom. The maximum atomic E-state index is 6.08. The molecule has 0 N–H and O–H groups in total. The summed E-state index contributed by atoms with van der Waals surface area (Å²) >= 11 is 28.5. The van der Waals surface area contributed by atoms with Gasteiger partial charge in [0.15, 0.2) is 10.0 Å². The molecule has 0 aromatic heterocycles. The maximum absolute atomic E-state index is 6.08. The van der Waals surface area contributed by atoms with Gasteiger partial charge < -0.3 is 18.9 Å². The van der Waals surface area contributed by atoms with Gasteiger partial charge in [0.05, 0.1) is 36.1 Å². The number of hydrogen-bond donors (Lipinski definition) is 0. The summed E-state index contributed by atoms with van der Waals surface area (Å²) in [7, 11) is 0. The van der Waals surface area contributed by atoms with E-state index < -0.39 is 0 Å². The first kappa shape index (κ1) is 37.0. The van der Waals surface area contributed by atoms with E-state index in [0.717, 1.165) is 22.2 Å². The number of ether oxygens (including phenoxy) is 4. The first-order chi connectivity index (χ1) is 18.5. The Balaban J connectivity index is 1.91. The molecule has 220 valence electrons. The second-order valence-electron chi connectivity index (χ2n) is 9.22. The summed E-state index contributed by atoms with van der Waals surface area (Å²) in [5, 5.41) is 1.24. The molecule has 2 aromatic carbocycles. The van der Waals surface area contributed by atoms with Crippen LogP contribution in [0, 0.1) is 0 Å². The highest BCUT2D eigenvalue weighted by atomic mass is 79.9. The van der Waals surface area contributed by atoms with Crippen molar-refractivity contribution in [2.24, 2.45) is 0 Å². The van der Waals surface area contributed by atoms with Crippen molar-refractivity contribution in [1.29, 1.82) is 0 Å². The molecule has 6 atom stereocenters. The SMILES string of the molecule is CC(C)(c1ccc(OC(Br)C(Br)COCC(Br)CBr)cc1)c1ccc(OC(Br)C(Br)COCC(Br)CBr)cc1. The van der Waals surface area contributed by atoms with Crippen molar-refractivity contribution >= 4 is 127 Å². The average Bonchev–Trinajstić information content (AvgIpc) is 2.93. The summed E-state index contributed by atoms with van der Waals surface area (Å²) < 4.78 is 23.6. The van der Waals surface area contributed by atoms with Gasteiger partial charge in [-0.05, 0) is 67.3 Å². The van der Waals surface area contributed by atoms with Gasteiger partial charge in [0.1, 0.15) is 11.5 Å². The fraction of sp³-hybridized carbons (Fsp3) is 0.556. The zero-order chi connectivity index (χ0) is 29.0. The molecule has 0 aliphatic carbocycles. The van der Waals surface area contributed by atoms with Crippen LogP contribution in [0.5, 0.6) is 11.5 Å². The van der Waals surface area contributed by atoms with Gasteiger partial charge in [0.2, 0.25) is 0 Å². The first-order valence-corrected chi connectivity index (χ1v) is 19.9. The zero-order valence-corrected chi connectivity index (χ0v) is 34.2. The van der Waals surface area contributed by atoms with E-state index >= 15 is 0 Å². The lowest BCUT2D eigenvalue weighted by atomic mass is 9.78. The Bertz CT molecular complexity index is 872. The Morgan fingerprint density at radius 3 is 1.21 bits per heavy atom. The number of alkyl halides is 8. The maximum Gasteiger partial charge on any atom is 0.167 e. The predicted octanol–water partition coefficient (Wildman–Crippen LogP) is 10.1. The quantitative estimate of drug-likeness (QED) is 0.140. The molecule has 0 fully saturated rings. The number of rotatable bonds is 18. The summed E-state index contributed by atoms with van der Waals surface area (Å²) in [6.45, 7) is 6.75. The van der Waals surface area contributed by atoms with E-state index in [1.165, 1.54) is 11.1 Å². The average molecular weight is 1060 g/mol. The second-order valence-corrected chi connectivity index (χ2v) is 17.3. The van der Waals surface area contributed by atoms with Gasteiger partial charge in [-0.2, -0.15) is 0 Å². The molecule has 4 nitrogen and oxygen atoms in total. The summed E-state index contributed by atoms with van der Waals surface area (Å²) in [5.41, 5.74) is 2.19. The minimum absolute atomic E-state index is 0.0109. The van der Waals surface area contributed by atoms with Gasteiger partial charge in [-0.3, -0.25) is 0 Å². The highest BCUT2D eigenvalue weighted by molar-refractivity contribution is 9.13. The van der Waals surface area contributed by atoms with E-state index in [9.17, 15) is 0 Å². The van der Waals surface area contributed by atoms with Gasteiger partial charge >= 0.3 is 0 Å². The predicted molar refractivity (Wildman–Crippen MR) is 192 cm³/mol. The topological polar surface area (TPSA) is 36.9 Å². The smallest absolute Gasteiger partial charge is 0.167 e. The molecule has 6 unspecified atom stereocenters. The molecule has 2 rings (SSSR count). The van der Waals surface area contributed by atoms with Crippen molar-refractivity contribution in [3.05, 3.63) is 59.7 Å². The van der Waals surface area contributed by atoms with Gasteiger partial charge in [-0.1, -0.05) is 134 Å². The van der Waals surface area contributed by atoms with Crippen LogP contribution in [0.1, 0.15) is 25.0 Å². The summed E-state index contributed by atoms with van der Waals surface area (Å²) in [4.78, 5) is 0.598. The van der Waals surface area contributed by atoms with Gasteiger partial charge in [0.25, 0.3) is 0 Å². The molecular weight excluding hydrogens is 1030 g/mol. The highest BCUT2D eigenvalue weighted by Crippen LogP contribution is 2.34. The molecule has 0 saturated heterocycles. The van der Waals surface area contributed by atoms with Crippen molar-refractivity contribution in [2.75, 3.05) is 37.1 Å². The van der Waals surface area contributed by atoms with Crippen molar-refractivity contribution in [3.63, 3.8) is 0 Å². The van der Waals surface area contributed by atoms with Crippen molar-refractivity contribution in [1.82, 2.24) is 0 Å². The Morgan fingerprint density at radius 2 is 0.897 bits per heavy atom. The minimum atomic E-state index is -0.221. The Hall–Kier alpha value is 1.80. The minimum Gasteiger partial charge on any atom is -0.478 e. The third-order valence-electron chi connectivity index (χ3n) is 5.70. The van der Waals surface area contributed by atoms with Gasteiger partial charge in [0, 0.05) is 25.7 Å². The van der Waals surface area contributed by atoms with E-state index in [2.05, 4.69) is 166 Å². The van der Waals surface area contributed by atoms with E-state index in [0.29, 0.717) is 26.4 Å². The van der Waals surface area contributed by atoms with Gasteiger partial charge in [-0.15, -0.1) is 0 Å². The van der Waals surface area contributed by atoms with Crippen molar-refractivity contribution in [3.8, 4) is 11.5 Å². The summed E-state index contributed by atoms with van der Waals surface area (Å²) in [6.07, 6.45) is 0. The first-order valence-electron chi connectivity index (χ1n) is 12.1. The van der Waals surface area contributed by atoms with Crippen LogP contribution in [0.3, 0.4) is 0 Å². The Kier molecular flexibility index (Phi) is 18.3. The lowest BCUT2D eigenvalue weighted by molar-refractivity contribution is 0.125. The van der Waals surface area contributed by atoms with Crippen molar-refractivity contribution in [2.45, 2.75) is 48.6 Å². The van der Waals surface area contributed by atoms with E-state index in [-0.39, 0.29) is 34.8 Å². The standard InChI is InChI=1S/C27H32Br8O4/c1-27(2,17-3-7-21(8-4-17)38-25(34)23(32)15-36-13-19(30)11-28)18-5-9-22(10-6-18)39-26(35)24(33)16-37-14-20(31)12-29/h3-10,19-20,23-26H,11-16H2,1-2H3. The Labute approximate surface area is 299 Å². The van der Waals surface area contributed by atoms with Crippen LogP contribution in [-0.4, -0.2) is 66.4 Å². The lowest BCUT2D eigenvalue weighted by Gasteiger charge is -2.27. The van der Waals surface area contributed by atoms with Crippen LogP contribution in [0.4, 0.5) is 0 Å². The van der Waals surface area contributed by atoms with Crippen LogP contribution in [0.15, 0.2) is 48.5 Å². The second kappa shape index (κ2) is 19.2. The number of benzene rings is 2. The molecular formula is C27H32Br8O4. The third kappa shape index (κ3) is 13.1. The van der Waals surface area contributed by atoms with Crippen molar-refractivity contribution < 1.29 is 18.9 Å². The molecule has 12 heteroatoms. The normalized spacial score (nSPS) is 16.7. The molecule has 0 amide bonds. The summed E-state index contributed by atoms with van der Waals surface area (Å²) in [5.74, 6) is 1.58. The van der Waals surface area contributed by atoms with Gasteiger partial charge in [-0.25, -0.2) is 0 Å². The van der Waals surface area contributed by atoms with E-state index in [1.54, 1.807) is 0 Å². The molecule has 0 aliphatic heterocycles. The molecule has 0 bridgehead atoms. The zero-order valence-electron chi connectivity index (χ0n) is 21.5. The third-order valence-corrected chi connectivity index (χ3v) is 14.7. The van der Waals surface area contributed by atoms with E-state index in [4.69, 9.17) is 18.9 Å². The molecule has 0 radical (unpaired) electrons. The van der Waals surface area contributed by atoms with Crippen LogP contribution in [0.2, 0.25) is 0 Å². The molecule has 0 heterocycles. The fourth-order valence-corrected chi connectivity index (χ4v) is 5.41. The molecule has 0 saturated carbocycles. The van der Waals surface area contributed by atoms with Crippen LogP contribution >= 0.6 is 127 Å². The monoisotopic (exact) mass is 1050 g/mol. The lowest BCUT2D eigenvalue weighted by Crippen LogP contribution is -2.27. The summed E-state index contributed by atoms with van der Waals surface area (Å²) in [6, 6.07) is 16.5. The largest absolute Gasteiger partial charge is 0.478 e. The molecule has 0 spiro atoms. The van der Waals surface area contributed by atoms with Crippen LogP contribution in [-0.2, 0) is 14.9 Å². The van der Waals surface area contributed by atoms with Crippen LogP contribution in [0.25, 0.3) is 0 Å². The number of halogens is 8. The molecule has 2 aromatic rings. The highest BCUT2D eigenvalue weighted by Gasteiger charge is 2.25. The number of hydrogen-bond acceptors (Lipinski definition) is 4. The fourth-order valence-electron chi connectivity index (χ4n) is 3.33. The molecule has 39 heavy (non-hydrogen) atoms.